The number of nitrogens with zero attached hydrogens (tertiary/aromatic N) is 1. The molecule has 0 aliphatic heterocycles. The molecule has 0 saturated heterocycles. The number of hydrogen-bond donors (Lipinski definition) is 1. The van der Waals surface area contributed by atoms with Gasteiger partial charge in [0.05, 0.1) is 25.3 Å². The van der Waals surface area contributed by atoms with Gasteiger partial charge in [-0.3, -0.25) is 4.79 Å². The summed E-state index contributed by atoms with van der Waals surface area (Å²) in [5, 5.41) is 5.25. The van der Waals surface area contributed by atoms with Crippen molar-refractivity contribution in [3.63, 3.8) is 0 Å². The predicted molar refractivity (Wildman–Crippen MR) is 135 cm³/mol. The Bertz CT molecular complexity index is 1380. The molecule has 0 fully saturated rings. The minimum atomic E-state index is -0.921. The van der Waals surface area contributed by atoms with Gasteiger partial charge in [0.25, 0.3) is 5.91 Å². The van der Waals surface area contributed by atoms with Gasteiger partial charge in [0.2, 0.25) is 0 Å². The number of fused-ring (bicyclic) bond motifs is 1. The Labute approximate surface area is 206 Å². The topological polar surface area (TPSA) is 94.6 Å². The second-order valence-corrected chi connectivity index (χ2v) is 8.94. The molecule has 35 heavy (non-hydrogen) atoms. The molecule has 1 N–H and O–H groups in total. The summed E-state index contributed by atoms with van der Waals surface area (Å²) in [4.78, 5) is 43.7. The fourth-order valence-electron chi connectivity index (χ4n) is 3.74. The summed E-state index contributed by atoms with van der Waals surface area (Å²) in [6.07, 6.45) is 0.250. The molecule has 0 aliphatic rings. The molecule has 8 heteroatoms. The number of nitrogens with one attached hydrogen (secondary N) is 1. The van der Waals surface area contributed by atoms with Gasteiger partial charge in [-0.15, -0.1) is 11.3 Å². The standard InChI is InChI=1S/C27H24N2O5S/c1-16-6-8-17(9-7-16)13-23(27(32)34-3)29-25(30)22-15-20(26(31)33-2)19-14-18(10-11-21(19)28-22)24-5-4-12-35-24/h4-12,14-15,23H,13H2,1-3H3,(H,29,30)/t23-/m0/s1. The maximum atomic E-state index is 13.1. The first-order chi connectivity index (χ1) is 16.9. The molecule has 0 bridgehead atoms. The summed E-state index contributed by atoms with van der Waals surface area (Å²) in [7, 11) is 2.55. The van der Waals surface area contributed by atoms with Crippen LogP contribution < -0.4 is 5.32 Å². The summed E-state index contributed by atoms with van der Waals surface area (Å²) in [5.41, 5.74) is 3.57. The van der Waals surface area contributed by atoms with E-state index in [-0.39, 0.29) is 17.7 Å². The van der Waals surface area contributed by atoms with E-state index in [9.17, 15) is 14.4 Å². The van der Waals surface area contributed by atoms with E-state index in [1.165, 1.54) is 20.3 Å². The van der Waals surface area contributed by atoms with E-state index in [0.717, 1.165) is 21.6 Å². The van der Waals surface area contributed by atoms with E-state index >= 15 is 0 Å². The van der Waals surface area contributed by atoms with Gasteiger partial charge in [-0.05, 0) is 47.7 Å². The van der Waals surface area contributed by atoms with Gasteiger partial charge in [-0.2, -0.15) is 0 Å². The van der Waals surface area contributed by atoms with Crippen LogP contribution in [0.4, 0.5) is 0 Å². The van der Waals surface area contributed by atoms with Gasteiger partial charge in [0.15, 0.2) is 0 Å². The molecule has 0 aliphatic carbocycles. The van der Waals surface area contributed by atoms with Crippen molar-refractivity contribution in [2.45, 2.75) is 19.4 Å². The SMILES string of the molecule is COC(=O)c1cc(C(=O)N[C@@H](Cc2ccc(C)cc2)C(=O)OC)nc2ccc(-c3cccs3)cc12. The van der Waals surface area contributed by atoms with E-state index in [0.29, 0.717) is 10.9 Å². The minimum absolute atomic E-state index is 0.000386. The smallest absolute Gasteiger partial charge is 0.338 e. The number of carbonyl (C=O) groups excluding carboxylic acids is 3. The summed E-state index contributed by atoms with van der Waals surface area (Å²) < 4.78 is 9.86. The van der Waals surface area contributed by atoms with Crippen LogP contribution in [-0.4, -0.2) is 43.1 Å². The number of methoxy groups -OCH3 is 2. The number of aromatic nitrogens is 1. The normalized spacial score (nSPS) is 11.6. The largest absolute Gasteiger partial charge is 0.467 e. The van der Waals surface area contributed by atoms with Crippen LogP contribution in [0, 0.1) is 6.92 Å². The Morgan fingerprint density at radius 1 is 1.00 bits per heavy atom. The Hall–Kier alpha value is -4.04. The van der Waals surface area contributed by atoms with Crippen molar-refractivity contribution in [3.8, 4) is 10.4 Å². The first-order valence-corrected chi connectivity index (χ1v) is 11.8. The van der Waals surface area contributed by atoms with Crippen LogP contribution >= 0.6 is 11.3 Å². The number of carbonyl (C=O) groups is 3. The zero-order valence-electron chi connectivity index (χ0n) is 19.5. The third kappa shape index (κ3) is 5.38. The predicted octanol–water partition coefficient (Wildman–Crippen LogP) is 4.57. The first kappa shape index (κ1) is 24.1. The zero-order chi connectivity index (χ0) is 24.9. The van der Waals surface area contributed by atoms with Gasteiger partial charge < -0.3 is 14.8 Å². The highest BCUT2D eigenvalue weighted by atomic mass is 32.1. The maximum Gasteiger partial charge on any atom is 0.338 e. The number of benzene rings is 2. The highest BCUT2D eigenvalue weighted by Crippen LogP contribution is 2.29. The molecule has 0 saturated carbocycles. The Kier molecular flexibility index (Phi) is 7.22. The number of esters is 2. The molecular weight excluding hydrogens is 464 g/mol. The van der Waals surface area contributed by atoms with Crippen LogP contribution in [0.25, 0.3) is 21.3 Å². The van der Waals surface area contributed by atoms with Crippen molar-refractivity contribution >= 4 is 40.1 Å². The third-order valence-corrected chi connectivity index (χ3v) is 6.52. The van der Waals surface area contributed by atoms with Gasteiger partial charge in [-0.25, -0.2) is 14.6 Å². The Balaban J connectivity index is 1.68. The van der Waals surface area contributed by atoms with Gasteiger partial charge in [0, 0.05) is 16.7 Å². The van der Waals surface area contributed by atoms with Crippen LogP contribution in [0.1, 0.15) is 32.0 Å². The van der Waals surface area contributed by atoms with E-state index in [2.05, 4.69) is 10.3 Å². The number of rotatable bonds is 7. The monoisotopic (exact) mass is 488 g/mol. The number of thiophene rings is 1. The van der Waals surface area contributed by atoms with Crippen LogP contribution in [0.2, 0.25) is 0 Å². The van der Waals surface area contributed by atoms with E-state index in [4.69, 9.17) is 9.47 Å². The molecule has 2 aromatic heterocycles. The molecule has 2 heterocycles. The zero-order valence-corrected chi connectivity index (χ0v) is 20.3. The van der Waals surface area contributed by atoms with Crippen molar-refractivity contribution in [3.05, 3.63) is 88.4 Å². The lowest BCUT2D eigenvalue weighted by Gasteiger charge is -2.17. The maximum absolute atomic E-state index is 13.1. The lowest BCUT2D eigenvalue weighted by molar-refractivity contribution is -0.142. The third-order valence-electron chi connectivity index (χ3n) is 5.60. The van der Waals surface area contributed by atoms with Crippen LogP contribution in [0.3, 0.4) is 0 Å². The molecule has 4 aromatic rings. The fourth-order valence-corrected chi connectivity index (χ4v) is 4.47. The van der Waals surface area contributed by atoms with Crippen molar-refractivity contribution < 1.29 is 23.9 Å². The molecule has 1 amide bonds. The summed E-state index contributed by atoms with van der Waals surface area (Å²) >= 11 is 1.58. The lowest BCUT2D eigenvalue weighted by atomic mass is 10.0. The minimum Gasteiger partial charge on any atom is -0.467 e. The van der Waals surface area contributed by atoms with Gasteiger partial charge >= 0.3 is 11.9 Å². The van der Waals surface area contributed by atoms with Crippen molar-refractivity contribution in [2.24, 2.45) is 0 Å². The Morgan fingerprint density at radius 2 is 1.77 bits per heavy atom. The average molecular weight is 489 g/mol. The van der Waals surface area contributed by atoms with E-state index in [1.54, 1.807) is 17.4 Å². The van der Waals surface area contributed by atoms with Gasteiger partial charge in [0.1, 0.15) is 11.7 Å². The van der Waals surface area contributed by atoms with Crippen molar-refractivity contribution in [1.82, 2.24) is 10.3 Å². The number of pyridine rings is 1. The fraction of sp³-hybridized carbons (Fsp3) is 0.185. The summed E-state index contributed by atoms with van der Waals surface area (Å²) in [5.74, 6) is -1.76. The highest BCUT2D eigenvalue weighted by Gasteiger charge is 2.25. The van der Waals surface area contributed by atoms with E-state index < -0.39 is 23.9 Å². The Morgan fingerprint density at radius 3 is 2.43 bits per heavy atom. The molecule has 2 aromatic carbocycles. The van der Waals surface area contributed by atoms with E-state index in [1.807, 2.05) is 60.8 Å². The number of aryl methyl sites for hydroxylation is 1. The molecule has 0 spiro atoms. The highest BCUT2D eigenvalue weighted by molar-refractivity contribution is 7.13. The van der Waals surface area contributed by atoms with Crippen molar-refractivity contribution in [1.29, 1.82) is 0 Å². The molecule has 7 nitrogen and oxygen atoms in total. The van der Waals surface area contributed by atoms with Gasteiger partial charge in [-0.1, -0.05) is 42.0 Å². The molecule has 0 radical (unpaired) electrons. The molecule has 178 valence electrons. The lowest BCUT2D eigenvalue weighted by Crippen LogP contribution is -2.43. The van der Waals surface area contributed by atoms with Crippen LogP contribution in [-0.2, 0) is 20.7 Å². The molecule has 1 atom stereocenters. The number of amides is 1. The first-order valence-electron chi connectivity index (χ1n) is 10.9. The summed E-state index contributed by atoms with van der Waals surface area (Å²) in [6, 6.07) is 17.6. The quantitative estimate of drug-likeness (QED) is 0.383. The number of hydrogen-bond acceptors (Lipinski definition) is 7. The molecule has 0 unspecified atom stereocenters. The van der Waals surface area contributed by atoms with Crippen LogP contribution in [0.15, 0.2) is 66.0 Å². The number of ether oxygens (including phenoxy) is 2. The van der Waals surface area contributed by atoms with Crippen LogP contribution in [0.5, 0.6) is 0 Å². The summed E-state index contributed by atoms with van der Waals surface area (Å²) in [6.45, 7) is 1.97. The average Bonchev–Trinajstić information content (AvgIpc) is 3.42. The molecular formula is C27H24N2O5S. The molecule has 4 rings (SSSR count). The second-order valence-electron chi connectivity index (χ2n) is 7.99. The second kappa shape index (κ2) is 10.5. The van der Waals surface area contributed by atoms with Crippen molar-refractivity contribution in [2.75, 3.05) is 14.2 Å².